The topological polar surface area (TPSA) is 35.5 Å². The SMILES string of the molecule is CCCNCc1ccc(N2CCCC(C)(O)C2)c(F)c1. The van der Waals surface area contributed by atoms with Crippen LogP contribution >= 0.6 is 0 Å². The Labute approximate surface area is 120 Å². The van der Waals surface area contributed by atoms with E-state index in [4.69, 9.17) is 0 Å². The Balaban J connectivity index is 2.05. The number of anilines is 1. The van der Waals surface area contributed by atoms with Crippen molar-refractivity contribution in [3.05, 3.63) is 29.6 Å². The normalized spacial score (nSPS) is 23.1. The molecule has 1 fully saturated rings. The summed E-state index contributed by atoms with van der Waals surface area (Å²) in [6.07, 6.45) is 2.75. The first-order valence-corrected chi connectivity index (χ1v) is 7.48. The minimum atomic E-state index is -0.716. The zero-order valence-corrected chi connectivity index (χ0v) is 12.5. The third-order valence-corrected chi connectivity index (χ3v) is 3.78. The van der Waals surface area contributed by atoms with Gasteiger partial charge in [-0.25, -0.2) is 4.39 Å². The first kappa shape index (κ1) is 15.3. The number of nitrogens with one attached hydrogen (secondary N) is 1. The Bertz CT molecular complexity index is 448. The van der Waals surface area contributed by atoms with Crippen LogP contribution in [0, 0.1) is 5.82 Å². The fourth-order valence-electron chi connectivity index (χ4n) is 2.75. The second-order valence-electron chi connectivity index (χ2n) is 5.98. The summed E-state index contributed by atoms with van der Waals surface area (Å²) < 4.78 is 14.2. The summed E-state index contributed by atoms with van der Waals surface area (Å²) in [7, 11) is 0. The Morgan fingerprint density at radius 3 is 2.90 bits per heavy atom. The molecule has 0 saturated carbocycles. The van der Waals surface area contributed by atoms with E-state index in [0.29, 0.717) is 18.8 Å². The molecule has 2 N–H and O–H groups in total. The monoisotopic (exact) mass is 280 g/mol. The predicted octanol–water partition coefficient (Wildman–Crippen LogP) is 2.68. The van der Waals surface area contributed by atoms with Crippen LogP contribution < -0.4 is 10.2 Å². The lowest BCUT2D eigenvalue weighted by Crippen LogP contribution is -2.46. The van der Waals surface area contributed by atoms with Gasteiger partial charge < -0.3 is 15.3 Å². The molecule has 1 unspecified atom stereocenters. The maximum absolute atomic E-state index is 14.2. The van der Waals surface area contributed by atoms with Crippen LogP contribution in [0.5, 0.6) is 0 Å². The van der Waals surface area contributed by atoms with Crippen LogP contribution in [-0.2, 0) is 6.54 Å². The van der Waals surface area contributed by atoms with Gasteiger partial charge in [-0.2, -0.15) is 0 Å². The van der Waals surface area contributed by atoms with Gasteiger partial charge in [-0.1, -0.05) is 13.0 Å². The van der Waals surface area contributed by atoms with Crippen molar-refractivity contribution in [3.63, 3.8) is 0 Å². The van der Waals surface area contributed by atoms with Crippen molar-refractivity contribution in [2.24, 2.45) is 0 Å². The largest absolute Gasteiger partial charge is 0.388 e. The molecule has 0 aliphatic carbocycles. The number of halogens is 1. The van der Waals surface area contributed by atoms with Gasteiger partial charge in [0.05, 0.1) is 11.3 Å². The van der Waals surface area contributed by atoms with Crippen molar-refractivity contribution in [3.8, 4) is 0 Å². The molecule has 0 aromatic heterocycles. The number of benzene rings is 1. The molecule has 0 amide bonds. The van der Waals surface area contributed by atoms with Crippen molar-refractivity contribution in [2.45, 2.75) is 45.3 Å². The van der Waals surface area contributed by atoms with Crippen LogP contribution in [0.1, 0.15) is 38.7 Å². The maximum Gasteiger partial charge on any atom is 0.146 e. The predicted molar refractivity (Wildman–Crippen MR) is 80.5 cm³/mol. The first-order valence-electron chi connectivity index (χ1n) is 7.48. The van der Waals surface area contributed by atoms with E-state index in [0.717, 1.165) is 37.9 Å². The summed E-state index contributed by atoms with van der Waals surface area (Å²) >= 11 is 0. The lowest BCUT2D eigenvalue weighted by atomic mass is 9.94. The van der Waals surface area contributed by atoms with Crippen LogP contribution in [0.15, 0.2) is 18.2 Å². The van der Waals surface area contributed by atoms with Crippen LogP contribution in [0.3, 0.4) is 0 Å². The molecule has 1 atom stereocenters. The molecular formula is C16H25FN2O. The van der Waals surface area contributed by atoms with E-state index >= 15 is 0 Å². The highest BCUT2D eigenvalue weighted by Crippen LogP contribution is 2.28. The van der Waals surface area contributed by atoms with Gasteiger partial charge in [0.15, 0.2) is 0 Å². The zero-order valence-electron chi connectivity index (χ0n) is 12.5. The highest BCUT2D eigenvalue weighted by molar-refractivity contribution is 5.50. The Hall–Kier alpha value is -1.13. The minimum absolute atomic E-state index is 0.196. The molecule has 0 bridgehead atoms. The van der Waals surface area contributed by atoms with E-state index < -0.39 is 5.60 Å². The third-order valence-electron chi connectivity index (χ3n) is 3.78. The quantitative estimate of drug-likeness (QED) is 0.814. The fraction of sp³-hybridized carbons (Fsp3) is 0.625. The maximum atomic E-state index is 14.2. The third kappa shape index (κ3) is 3.93. The molecule has 0 spiro atoms. The van der Waals surface area contributed by atoms with Gasteiger partial charge in [0.2, 0.25) is 0 Å². The molecule has 3 nitrogen and oxygen atoms in total. The second kappa shape index (κ2) is 6.55. The molecule has 1 saturated heterocycles. The van der Waals surface area contributed by atoms with Crippen LogP contribution in [0.25, 0.3) is 0 Å². The number of rotatable bonds is 5. The molecule has 1 aliphatic rings. The molecule has 2 rings (SSSR count). The van der Waals surface area contributed by atoms with Gasteiger partial charge in [0.1, 0.15) is 5.82 Å². The van der Waals surface area contributed by atoms with Crippen LogP contribution in [0.4, 0.5) is 10.1 Å². The summed E-state index contributed by atoms with van der Waals surface area (Å²) in [5.74, 6) is -0.196. The molecule has 1 heterocycles. The molecule has 1 aromatic carbocycles. The average Bonchev–Trinajstić information content (AvgIpc) is 2.38. The van der Waals surface area contributed by atoms with Gasteiger partial charge in [0.25, 0.3) is 0 Å². The number of piperidine rings is 1. The van der Waals surface area contributed by atoms with Crippen molar-refractivity contribution >= 4 is 5.69 Å². The number of β-amino-alcohol motifs (C(OH)–C–C–N with tert-alkyl or cyclic N) is 1. The van der Waals surface area contributed by atoms with Crippen molar-refractivity contribution < 1.29 is 9.50 Å². The van der Waals surface area contributed by atoms with E-state index in [-0.39, 0.29) is 5.82 Å². The number of nitrogens with zero attached hydrogens (tertiary/aromatic N) is 1. The molecule has 0 radical (unpaired) electrons. The minimum Gasteiger partial charge on any atom is -0.388 e. The van der Waals surface area contributed by atoms with Gasteiger partial charge >= 0.3 is 0 Å². The smallest absolute Gasteiger partial charge is 0.146 e. The highest BCUT2D eigenvalue weighted by Gasteiger charge is 2.29. The summed E-state index contributed by atoms with van der Waals surface area (Å²) in [6.45, 7) is 6.87. The van der Waals surface area contributed by atoms with Gasteiger partial charge in [-0.15, -0.1) is 0 Å². The number of aliphatic hydroxyl groups is 1. The van der Waals surface area contributed by atoms with E-state index in [1.165, 1.54) is 0 Å². The summed E-state index contributed by atoms with van der Waals surface area (Å²) in [6, 6.07) is 5.39. The van der Waals surface area contributed by atoms with E-state index in [1.807, 2.05) is 24.0 Å². The second-order valence-corrected chi connectivity index (χ2v) is 5.98. The van der Waals surface area contributed by atoms with Crippen LogP contribution in [-0.4, -0.2) is 30.3 Å². The lowest BCUT2D eigenvalue weighted by molar-refractivity contribution is 0.0447. The van der Waals surface area contributed by atoms with Gasteiger partial charge in [0, 0.05) is 19.6 Å². The van der Waals surface area contributed by atoms with Crippen molar-refractivity contribution in [1.82, 2.24) is 5.32 Å². The number of hydrogen-bond acceptors (Lipinski definition) is 3. The Morgan fingerprint density at radius 2 is 2.25 bits per heavy atom. The van der Waals surface area contributed by atoms with Crippen LogP contribution in [0.2, 0.25) is 0 Å². The number of hydrogen-bond donors (Lipinski definition) is 2. The molecule has 1 aromatic rings. The van der Waals surface area contributed by atoms with Crippen molar-refractivity contribution in [2.75, 3.05) is 24.5 Å². The Morgan fingerprint density at radius 1 is 1.45 bits per heavy atom. The van der Waals surface area contributed by atoms with E-state index in [9.17, 15) is 9.50 Å². The summed E-state index contributed by atoms with van der Waals surface area (Å²) in [5, 5.41) is 13.4. The molecule has 1 aliphatic heterocycles. The fourth-order valence-corrected chi connectivity index (χ4v) is 2.75. The van der Waals surface area contributed by atoms with Gasteiger partial charge in [-0.3, -0.25) is 0 Å². The molecular weight excluding hydrogens is 255 g/mol. The lowest BCUT2D eigenvalue weighted by Gasteiger charge is -2.38. The molecule has 4 heteroatoms. The van der Waals surface area contributed by atoms with Crippen molar-refractivity contribution in [1.29, 1.82) is 0 Å². The summed E-state index contributed by atoms with van der Waals surface area (Å²) in [4.78, 5) is 1.95. The van der Waals surface area contributed by atoms with E-state index in [2.05, 4.69) is 12.2 Å². The first-order chi connectivity index (χ1) is 9.52. The summed E-state index contributed by atoms with van der Waals surface area (Å²) in [5.41, 5.74) is 0.846. The highest BCUT2D eigenvalue weighted by atomic mass is 19.1. The average molecular weight is 280 g/mol. The van der Waals surface area contributed by atoms with Gasteiger partial charge in [-0.05, 0) is 50.4 Å². The molecule has 20 heavy (non-hydrogen) atoms. The van der Waals surface area contributed by atoms with E-state index in [1.54, 1.807) is 6.07 Å². The Kier molecular flexibility index (Phi) is 5.00. The molecule has 112 valence electrons. The standard InChI is InChI=1S/C16H25FN2O/c1-3-8-18-11-13-5-6-15(14(17)10-13)19-9-4-7-16(2,20)12-19/h5-6,10,18,20H,3-4,7-9,11-12H2,1-2H3. The zero-order chi connectivity index (χ0) is 14.6.